The summed E-state index contributed by atoms with van der Waals surface area (Å²) >= 11 is 1.31. The van der Waals surface area contributed by atoms with Gasteiger partial charge in [-0.2, -0.15) is 9.61 Å². The molecular formula is C29H33N7O3S. The molecule has 3 aromatic heterocycles. The Hall–Kier alpha value is -4.12. The molecule has 0 atom stereocenters. The molecule has 0 radical (unpaired) electrons. The smallest absolute Gasteiger partial charge is 0.234 e. The summed E-state index contributed by atoms with van der Waals surface area (Å²) < 4.78 is 14.7. The van der Waals surface area contributed by atoms with Crippen LogP contribution in [-0.4, -0.2) is 55.2 Å². The zero-order valence-corrected chi connectivity index (χ0v) is 24.6. The van der Waals surface area contributed by atoms with E-state index in [2.05, 4.69) is 22.5 Å². The number of hydrogen-bond acceptors (Lipinski definition) is 8. The van der Waals surface area contributed by atoms with Gasteiger partial charge in [0.15, 0.2) is 28.1 Å². The molecule has 40 heavy (non-hydrogen) atoms. The molecule has 5 aromatic rings. The van der Waals surface area contributed by atoms with Gasteiger partial charge in [0, 0.05) is 35.8 Å². The minimum absolute atomic E-state index is 0.118. The minimum atomic E-state index is -0.118. The van der Waals surface area contributed by atoms with Crippen molar-refractivity contribution in [2.75, 3.05) is 25.3 Å². The van der Waals surface area contributed by atoms with Crippen LogP contribution in [0.3, 0.4) is 0 Å². The van der Waals surface area contributed by atoms with Crippen LogP contribution in [0.4, 0.5) is 5.69 Å². The van der Waals surface area contributed by atoms with Crippen molar-refractivity contribution in [1.29, 1.82) is 0 Å². The van der Waals surface area contributed by atoms with E-state index in [9.17, 15) is 4.79 Å². The maximum atomic E-state index is 13.0. The van der Waals surface area contributed by atoms with Crippen molar-refractivity contribution in [3.63, 3.8) is 0 Å². The molecule has 0 bridgehead atoms. The number of aromatic nitrogens is 6. The first-order valence-electron chi connectivity index (χ1n) is 13.0. The number of ether oxygens (including phenoxy) is 2. The lowest BCUT2D eigenvalue weighted by Gasteiger charge is -2.13. The largest absolute Gasteiger partial charge is 0.493 e. The number of fused-ring (bicyclic) bond motifs is 3. The average molecular weight is 560 g/mol. The molecule has 0 saturated carbocycles. The van der Waals surface area contributed by atoms with Gasteiger partial charge in [-0.1, -0.05) is 29.5 Å². The Morgan fingerprint density at radius 2 is 1.62 bits per heavy atom. The van der Waals surface area contributed by atoms with Crippen LogP contribution in [0.25, 0.3) is 16.6 Å². The van der Waals surface area contributed by atoms with Crippen molar-refractivity contribution in [2.45, 2.75) is 52.7 Å². The Kier molecular flexibility index (Phi) is 7.66. The lowest BCUT2D eigenvalue weighted by atomic mass is 10.1. The van der Waals surface area contributed by atoms with E-state index in [4.69, 9.17) is 24.5 Å². The topological polar surface area (TPSA) is 108 Å². The Balaban J connectivity index is 1.48. The number of methoxy groups -OCH3 is 2. The lowest BCUT2D eigenvalue weighted by molar-refractivity contribution is -0.113. The summed E-state index contributed by atoms with van der Waals surface area (Å²) in [6.07, 6.45) is 0.592. The number of amides is 1. The number of aryl methyl sites for hydroxylation is 7. The lowest BCUT2D eigenvalue weighted by Crippen LogP contribution is -2.16. The second-order valence-corrected chi connectivity index (χ2v) is 10.8. The first-order chi connectivity index (χ1) is 19.2. The molecule has 0 aliphatic heterocycles. The van der Waals surface area contributed by atoms with Crippen molar-refractivity contribution >= 4 is 39.9 Å². The van der Waals surface area contributed by atoms with E-state index >= 15 is 0 Å². The highest BCUT2D eigenvalue weighted by atomic mass is 32.2. The third kappa shape index (κ3) is 5.46. The normalized spacial score (nSPS) is 11.4. The second-order valence-electron chi connectivity index (χ2n) is 9.89. The fraction of sp³-hybridized carbons (Fsp3) is 0.345. The van der Waals surface area contributed by atoms with Crippen LogP contribution in [0.1, 0.15) is 33.9 Å². The number of benzene rings is 2. The van der Waals surface area contributed by atoms with E-state index in [1.54, 1.807) is 18.7 Å². The van der Waals surface area contributed by atoms with Crippen LogP contribution < -0.4 is 14.8 Å². The second kappa shape index (κ2) is 11.2. The minimum Gasteiger partial charge on any atom is -0.493 e. The van der Waals surface area contributed by atoms with E-state index in [1.807, 2.05) is 57.5 Å². The number of carbonyl (C=O) groups is 1. The molecule has 1 amide bonds. The van der Waals surface area contributed by atoms with Gasteiger partial charge in [0.2, 0.25) is 5.91 Å². The summed E-state index contributed by atoms with van der Waals surface area (Å²) in [6, 6.07) is 9.86. The quantitative estimate of drug-likeness (QED) is 0.198. The molecule has 0 unspecified atom stereocenters. The molecule has 1 N–H and O–H groups in total. The van der Waals surface area contributed by atoms with Crippen LogP contribution in [0.15, 0.2) is 35.5 Å². The molecule has 5 rings (SSSR count). The molecule has 208 valence electrons. The molecule has 0 aliphatic carbocycles. The zero-order chi connectivity index (χ0) is 28.6. The Labute approximate surface area is 237 Å². The highest BCUT2D eigenvalue weighted by molar-refractivity contribution is 7.99. The van der Waals surface area contributed by atoms with Crippen molar-refractivity contribution in [2.24, 2.45) is 0 Å². The van der Waals surface area contributed by atoms with Gasteiger partial charge in [-0.25, -0.2) is 9.97 Å². The summed E-state index contributed by atoms with van der Waals surface area (Å²) in [7, 11) is 3.18. The van der Waals surface area contributed by atoms with Crippen LogP contribution in [-0.2, 0) is 17.8 Å². The SMILES string of the molecule is COc1cc2nc(SCC(=O)Nc3c(C)cc(C)cc3C)n3nc(CCn4nc(C)cc4C)nc3c2cc1OC. The van der Waals surface area contributed by atoms with Gasteiger partial charge in [0.25, 0.3) is 0 Å². The van der Waals surface area contributed by atoms with E-state index in [-0.39, 0.29) is 11.7 Å². The van der Waals surface area contributed by atoms with Crippen molar-refractivity contribution < 1.29 is 14.3 Å². The molecule has 0 aliphatic rings. The highest BCUT2D eigenvalue weighted by Crippen LogP contribution is 2.34. The standard InChI is InChI=1S/C29H33N7O3S/c1-16-10-17(2)27(18(3)11-16)32-26(37)15-40-29-30-22-14-24(39-7)23(38-6)13-21(22)28-31-25(34-36(28)29)8-9-35-20(5)12-19(4)33-35/h10-14H,8-9,15H2,1-7H3,(H,32,37). The Bertz CT molecular complexity index is 1720. The number of hydrogen-bond donors (Lipinski definition) is 1. The average Bonchev–Trinajstić information content (AvgIpc) is 3.49. The third-order valence-electron chi connectivity index (χ3n) is 6.72. The van der Waals surface area contributed by atoms with Gasteiger partial charge in [0.05, 0.1) is 31.2 Å². The maximum Gasteiger partial charge on any atom is 0.234 e. The van der Waals surface area contributed by atoms with Gasteiger partial charge in [-0.05, 0) is 57.9 Å². The van der Waals surface area contributed by atoms with Gasteiger partial charge in [-0.15, -0.1) is 5.10 Å². The number of rotatable bonds is 9. The predicted octanol–water partition coefficient (Wildman–Crippen LogP) is 5.01. The van der Waals surface area contributed by atoms with E-state index < -0.39 is 0 Å². The van der Waals surface area contributed by atoms with Crippen LogP contribution in [0.2, 0.25) is 0 Å². The summed E-state index contributed by atoms with van der Waals surface area (Å²) in [5.74, 6) is 1.85. The first kappa shape index (κ1) is 27.4. The van der Waals surface area contributed by atoms with E-state index in [0.717, 1.165) is 39.2 Å². The van der Waals surface area contributed by atoms with Gasteiger partial charge >= 0.3 is 0 Å². The zero-order valence-electron chi connectivity index (χ0n) is 23.8. The predicted molar refractivity (Wildman–Crippen MR) is 157 cm³/mol. The number of anilines is 1. The van der Waals surface area contributed by atoms with Crippen LogP contribution >= 0.6 is 11.8 Å². The van der Waals surface area contributed by atoms with Crippen molar-refractivity contribution in [3.8, 4) is 11.5 Å². The Morgan fingerprint density at radius 1 is 0.925 bits per heavy atom. The fourth-order valence-electron chi connectivity index (χ4n) is 4.94. The summed E-state index contributed by atoms with van der Waals surface area (Å²) in [5, 5.41) is 13.7. The summed E-state index contributed by atoms with van der Waals surface area (Å²) in [5.41, 5.74) is 7.46. The molecule has 10 nitrogen and oxygen atoms in total. The van der Waals surface area contributed by atoms with E-state index in [0.29, 0.717) is 46.6 Å². The van der Waals surface area contributed by atoms with Gasteiger partial charge < -0.3 is 14.8 Å². The number of thioether (sulfide) groups is 1. The molecule has 0 spiro atoms. The monoisotopic (exact) mass is 559 g/mol. The molecule has 0 saturated heterocycles. The molecule has 11 heteroatoms. The molecule has 0 fully saturated rings. The first-order valence-corrected chi connectivity index (χ1v) is 14.0. The Morgan fingerprint density at radius 3 is 2.27 bits per heavy atom. The highest BCUT2D eigenvalue weighted by Gasteiger charge is 2.19. The summed E-state index contributed by atoms with van der Waals surface area (Å²) in [4.78, 5) is 22.7. The van der Waals surface area contributed by atoms with Gasteiger partial charge in [-0.3, -0.25) is 9.48 Å². The molecule has 3 heterocycles. The van der Waals surface area contributed by atoms with Crippen molar-refractivity contribution in [1.82, 2.24) is 29.4 Å². The number of carbonyl (C=O) groups excluding carboxylic acids is 1. The molecular weight excluding hydrogens is 526 g/mol. The van der Waals surface area contributed by atoms with Crippen LogP contribution in [0.5, 0.6) is 11.5 Å². The maximum absolute atomic E-state index is 13.0. The number of nitrogens with zero attached hydrogens (tertiary/aromatic N) is 6. The number of nitrogens with one attached hydrogen (secondary N) is 1. The van der Waals surface area contributed by atoms with Crippen molar-refractivity contribution in [3.05, 3.63) is 64.2 Å². The third-order valence-corrected chi connectivity index (χ3v) is 7.64. The van der Waals surface area contributed by atoms with E-state index in [1.165, 1.54) is 11.8 Å². The molecule has 2 aromatic carbocycles. The summed E-state index contributed by atoms with van der Waals surface area (Å²) in [6.45, 7) is 10.7. The van der Waals surface area contributed by atoms with Gasteiger partial charge in [0.1, 0.15) is 0 Å². The fourth-order valence-corrected chi connectivity index (χ4v) is 5.69. The van der Waals surface area contributed by atoms with Crippen LogP contribution in [0, 0.1) is 34.6 Å².